The molecule has 0 amide bonds. The zero-order chi connectivity index (χ0) is 19.8. The summed E-state index contributed by atoms with van der Waals surface area (Å²) < 4.78 is 1.67. The number of carbonyl (C=O) groups excluding carboxylic acids is 1. The van der Waals surface area contributed by atoms with Gasteiger partial charge in [0, 0.05) is 17.0 Å². The third kappa shape index (κ3) is 3.27. The van der Waals surface area contributed by atoms with E-state index in [0.717, 1.165) is 26.0 Å². The molecule has 0 aliphatic carbocycles. The number of hydrogen-bond acceptors (Lipinski definition) is 5. The molecule has 2 aromatic carbocycles. The van der Waals surface area contributed by atoms with E-state index in [0.29, 0.717) is 22.7 Å². The molecular weight excluding hydrogens is 388 g/mol. The molecule has 0 unspecified atom stereocenters. The average Bonchev–Trinajstić information content (AvgIpc) is 2.99. The molecule has 4 nitrogen and oxygen atoms in total. The Morgan fingerprint density at radius 1 is 1.14 bits per heavy atom. The van der Waals surface area contributed by atoms with Crippen LogP contribution in [0.1, 0.15) is 27.7 Å². The normalized spacial score (nSPS) is 11.4. The Hall–Kier alpha value is -2.44. The highest BCUT2D eigenvalue weighted by molar-refractivity contribution is 7.99. The molecule has 28 heavy (non-hydrogen) atoms. The fourth-order valence-corrected chi connectivity index (χ4v) is 5.30. The Kier molecular flexibility index (Phi) is 5.08. The van der Waals surface area contributed by atoms with Gasteiger partial charge in [0.1, 0.15) is 4.83 Å². The van der Waals surface area contributed by atoms with Crippen molar-refractivity contribution in [3.8, 4) is 0 Å². The van der Waals surface area contributed by atoms with Crippen LogP contribution in [0, 0.1) is 13.8 Å². The molecule has 2 heterocycles. The highest BCUT2D eigenvalue weighted by atomic mass is 32.2. The number of hydrogen-bond donors (Lipinski definition) is 0. The maximum Gasteiger partial charge on any atom is 0.263 e. The van der Waals surface area contributed by atoms with Crippen LogP contribution in [0.4, 0.5) is 0 Å². The molecule has 0 saturated carbocycles. The standard InChI is InChI=1S/C22H20N2O2S2/c1-4-24-21(26)19-13(2)14(3)28-20(19)23-22(24)27-12-18(25)17-10-9-15-7-5-6-8-16(15)11-17/h5-11H,4,12H2,1-3H3. The zero-order valence-electron chi connectivity index (χ0n) is 16.0. The molecule has 4 aromatic rings. The molecule has 0 spiro atoms. The maximum atomic E-state index is 12.9. The minimum absolute atomic E-state index is 0.0185. The van der Waals surface area contributed by atoms with Gasteiger partial charge in [0.05, 0.1) is 11.1 Å². The molecule has 0 atom stereocenters. The van der Waals surface area contributed by atoms with E-state index in [1.807, 2.05) is 63.2 Å². The summed E-state index contributed by atoms with van der Waals surface area (Å²) in [5, 5.41) is 3.47. The molecule has 0 fully saturated rings. The van der Waals surface area contributed by atoms with Gasteiger partial charge in [0.2, 0.25) is 0 Å². The summed E-state index contributed by atoms with van der Waals surface area (Å²) in [5.41, 5.74) is 1.67. The van der Waals surface area contributed by atoms with Gasteiger partial charge in [0.25, 0.3) is 5.56 Å². The van der Waals surface area contributed by atoms with Crippen molar-refractivity contribution in [2.24, 2.45) is 0 Å². The second-order valence-electron chi connectivity index (χ2n) is 6.68. The van der Waals surface area contributed by atoms with E-state index in [1.54, 1.807) is 4.57 Å². The van der Waals surface area contributed by atoms with Crippen molar-refractivity contribution in [3.63, 3.8) is 0 Å². The second kappa shape index (κ2) is 7.53. The minimum atomic E-state index is -0.0185. The lowest BCUT2D eigenvalue weighted by atomic mass is 10.1. The summed E-state index contributed by atoms with van der Waals surface area (Å²) >= 11 is 2.87. The average molecular weight is 409 g/mol. The number of ketones is 1. The van der Waals surface area contributed by atoms with E-state index in [4.69, 9.17) is 4.98 Å². The topological polar surface area (TPSA) is 52.0 Å². The van der Waals surface area contributed by atoms with Gasteiger partial charge < -0.3 is 0 Å². The summed E-state index contributed by atoms with van der Waals surface area (Å²) in [4.78, 5) is 32.2. The lowest BCUT2D eigenvalue weighted by molar-refractivity contribution is 0.102. The van der Waals surface area contributed by atoms with Crippen LogP contribution in [0.2, 0.25) is 0 Å². The fraction of sp³-hybridized carbons (Fsp3) is 0.227. The molecule has 0 aliphatic heterocycles. The summed E-state index contributed by atoms with van der Waals surface area (Å²) in [6.45, 7) is 6.43. The Labute approximate surface area is 171 Å². The molecule has 0 aliphatic rings. The van der Waals surface area contributed by atoms with Gasteiger partial charge in [-0.3, -0.25) is 14.2 Å². The molecule has 6 heteroatoms. The molecular formula is C22H20N2O2S2. The minimum Gasteiger partial charge on any atom is -0.293 e. The number of benzene rings is 2. The van der Waals surface area contributed by atoms with Crippen molar-refractivity contribution in [1.82, 2.24) is 9.55 Å². The van der Waals surface area contributed by atoms with Gasteiger partial charge in [0.15, 0.2) is 10.9 Å². The van der Waals surface area contributed by atoms with Gasteiger partial charge in [-0.2, -0.15) is 0 Å². The summed E-state index contributed by atoms with van der Waals surface area (Å²) in [6, 6.07) is 13.7. The van der Waals surface area contributed by atoms with E-state index in [-0.39, 0.29) is 17.1 Å². The monoisotopic (exact) mass is 408 g/mol. The van der Waals surface area contributed by atoms with Gasteiger partial charge in [-0.05, 0) is 43.2 Å². The summed E-state index contributed by atoms with van der Waals surface area (Å²) in [5.74, 6) is 0.283. The van der Waals surface area contributed by atoms with Crippen molar-refractivity contribution < 1.29 is 4.79 Å². The first-order chi connectivity index (χ1) is 13.5. The Morgan fingerprint density at radius 2 is 1.89 bits per heavy atom. The number of nitrogens with zero attached hydrogens (tertiary/aromatic N) is 2. The third-order valence-electron chi connectivity index (χ3n) is 4.97. The molecule has 0 saturated heterocycles. The number of thioether (sulfide) groups is 1. The van der Waals surface area contributed by atoms with E-state index >= 15 is 0 Å². The van der Waals surface area contributed by atoms with E-state index in [9.17, 15) is 9.59 Å². The summed E-state index contributed by atoms with van der Waals surface area (Å²) in [6.07, 6.45) is 0. The van der Waals surface area contributed by atoms with Gasteiger partial charge in [-0.1, -0.05) is 48.2 Å². The zero-order valence-corrected chi connectivity index (χ0v) is 17.6. The van der Waals surface area contributed by atoms with E-state index in [2.05, 4.69) is 0 Å². The van der Waals surface area contributed by atoms with Crippen molar-refractivity contribution in [3.05, 3.63) is 68.8 Å². The quantitative estimate of drug-likeness (QED) is 0.258. The number of aryl methyl sites for hydroxylation is 2. The van der Waals surface area contributed by atoms with Gasteiger partial charge in [-0.15, -0.1) is 11.3 Å². The SMILES string of the molecule is CCn1c(SCC(=O)c2ccc3ccccc3c2)nc2sc(C)c(C)c2c1=O. The smallest absolute Gasteiger partial charge is 0.263 e. The molecule has 4 rings (SSSR count). The molecule has 2 aromatic heterocycles. The number of thiophene rings is 1. The number of rotatable bonds is 5. The largest absolute Gasteiger partial charge is 0.293 e. The van der Waals surface area contributed by atoms with Crippen LogP contribution in [0.25, 0.3) is 21.0 Å². The molecule has 0 N–H and O–H groups in total. The van der Waals surface area contributed by atoms with Gasteiger partial charge in [-0.25, -0.2) is 4.98 Å². The first-order valence-electron chi connectivity index (χ1n) is 9.15. The lowest BCUT2D eigenvalue weighted by Crippen LogP contribution is -2.22. The molecule has 0 bridgehead atoms. The highest BCUT2D eigenvalue weighted by Gasteiger charge is 2.17. The number of aromatic nitrogens is 2. The van der Waals surface area contributed by atoms with Crippen molar-refractivity contribution in [2.45, 2.75) is 32.5 Å². The first kappa shape index (κ1) is 18.9. The first-order valence-corrected chi connectivity index (χ1v) is 10.9. The van der Waals surface area contributed by atoms with Crippen LogP contribution in [0.15, 0.2) is 52.4 Å². The number of carbonyl (C=O) groups is 1. The van der Waals surface area contributed by atoms with Crippen LogP contribution in [0.5, 0.6) is 0 Å². The predicted molar refractivity (Wildman–Crippen MR) is 118 cm³/mol. The fourth-order valence-electron chi connectivity index (χ4n) is 3.27. The predicted octanol–water partition coefficient (Wildman–Crippen LogP) is 5.22. The number of fused-ring (bicyclic) bond motifs is 2. The van der Waals surface area contributed by atoms with E-state index in [1.165, 1.54) is 23.1 Å². The highest BCUT2D eigenvalue weighted by Crippen LogP contribution is 2.28. The lowest BCUT2D eigenvalue weighted by Gasteiger charge is -2.10. The Balaban J connectivity index is 1.64. The second-order valence-corrected chi connectivity index (χ2v) is 8.83. The van der Waals surface area contributed by atoms with Crippen LogP contribution in [-0.4, -0.2) is 21.1 Å². The van der Waals surface area contributed by atoms with Crippen molar-refractivity contribution in [1.29, 1.82) is 0 Å². The van der Waals surface area contributed by atoms with Crippen LogP contribution in [0.3, 0.4) is 0 Å². The Morgan fingerprint density at radius 3 is 2.64 bits per heavy atom. The number of Topliss-reactive ketones (excluding diaryl/α,β-unsaturated/α-hetero) is 1. The van der Waals surface area contributed by atoms with Gasteiger partial charge >= 0.3 is 0 Å². The Bertz CT molecular complexity index is 1270. The summed E-state index contributed by atoms with van der Waals surface area (Å²) in [7, 11) is 0. The van der Waals surface area contributed by atoms with Crippen LogP contribution >= 0.6 is 23.1 Å². The third-order valence-corrected chi connectivity index (χ3v) is 7.05. The van der Waals surface area contributed by atoms with Crippen LogP contribution < -0.4 is 5.56 Å². The van der Waals surface area contributed by atoms with Crippen molar-refractivity contribution >= 4 is 49.9 Å². The van der Waals surface area contributed by atoms with Crippen LogP contribution in [-0.2, 0) is 6.54 Å². The van der Waals surface area contributed by atoms with Crippen molar-refractivity contribution in [2.75, 3.05) is 5.75 Å². The van der Waals surface area contributed by atoms with E-state index < -0.39 is 0 Å². The molecule has 142 valence electrons. The maximum absolute atomic E-state index is 12.9. The molecule has 0 radical (unpaired) electrons.